The van der Waals surface area contributed by atoms with Crippen LogP contribution in [0.1, 0.15) is 56.1 Å². The lowest BCUT2D eigenvalue weighted by Crippen LogP contribution is -2.36. The van der Waals surface area contributed by atoms with E-state index in [0.717, 1.165) is 36.7 Å². The van der Waals surface area contributed by atoms with E-state index < -0.39 is 0 Å². The van der Waals surface area contributed by atoms with Crippen molar-refractivity contribution in [2.45, 2.75) is 71.1 Å². The Morgan fingerprint density at radius 1 is 1.32 bits per heavy atom. The number of aryl methyl sites for hydroxylation is 1. The summed E-state index contributed by atoms with van der Waals surface area (Å²) in [5.41, 5.74) is 1.38. The first-order valence-electron chi connectivity index (χ1n) is 7.78. The minimum atomic E-state index is 0.719. The maximum atomic E-state index is 5.88. The molecule has 0 spiro atoms. The van der Waals surface area contributed by atoms with E-state index >= 15 is 0 Å². The molecular formula is C16H26N2O. The van der Waals surface area contributed by atoms with E-state index in [2.05, 4.69) is 30.1 Å². The number of nitrogens with one attached hydrogen (secondary N) is 1. The summed E-state index contributed by atoms with van der Waals surface area (Å²) in [5, 5.41) is 3.52. The first-order chi connectivity index (χ1) is 9.22. The summed E-state index contributed by atoms with van der Waals surface area (Å²) in [6.45, 7) is 7.64. The SMILES string of the molecule is Cc1oc(CNC2CC2)cc1CN1CCCCC1C. The molecule has 1 aromatic rings. The summed E-state index contributed by atoms with van der Waals surface area (Å²) >= 11 is 0. The fraction of sp³-hybridized carbons (Fsp3) is 0.750. The third-order valence-corrected chi connectivity index (χ3v) is 4.53. The Morgan fingerprint density at radius 3 is 2.89 bits per heavy atom. The van der Waals surface area contributed by atoms with Crippen molar-refractivity contribution in [3.05, 3.63) is 23.2 Å². The predicted molar refractivity (Wildman–Crippen MR) is 77.0 cm³/mol. The zero-order chi connectivity index (χ0) is 13.2. The molecule has 2 heterocycles. The lowest BCUT2D eigenvalue weighted by molar-refractivity contribution is 0.152. The summed E-state index contributed by atoms with van der Waals surface area (Å²) in [7, 11) is 0. The molecule has 3 rings (SSSR count). The van der Waals surface area contributed by atoms with E-state index in [1.165, 1.54) is 44.2 Å². The fourth-order valence-electron chi connectivity index (χ4n) is 2.98. The molecule has 19 heavy (non-hydrogen) atoms. The van der Waals surface area contributed by atoms with Crippen molar-refractivity contribution < 1.29 is 4.42 Å². The fourth-order valence-corrected chi connectivity index (χ4v) is 2.98. The van der Waals surface area contributed by atoms with Gasteiger partial charge in [0.05, 0.1) is 6.54 Å². The van der Waals surface area contributed by atoms with E-state index in [4.69, 9.17) is 4.42 Å². The van der Waals surface area contributed by atoms with Crippen molar-refractivity contribution in [3.8, 4) is 0 Å². The molecule has 1 unspecified atom stereocenters. The molecule has 1 saturated carbocycles. The molecule has 0 aromatic carbocycles. The molecule has 1 saturated heterocycles. The smallest absolute Gasteiger partial charge is 0.118 e. The highest BCUT2D eigenvalue weighted by atomic mass is 16.3. The molecule has 0 bridgehead atoms. The van der Waals surface area contributed by atoms with E-state index in [1.807, 2.05) is 0 Å². The molecule has 1 aliphatic carbocycles. The van der Waals surface area contributed by atoms with Crippen molar-refractivity contribution in [1.82, 2.24) is 10.2 Å². The van der Waals surface area contributed by atoms with Crippen LogP contribution in [-0.2, 0) is 13.1 Å². The van der Waals surface area contributed by atoms with Crippen LogP contribution in [0.4, 0.5) is 0 Å². The highest BCUT2D eigenvalue weighted by Crippen LogP contribution is 2.24. The Morgan fingerprint density at radius 2 is 2.16 bits per heavy atom. The van der Waals surface area contributed by atoms with Gasteiger partial charge in [-0.3, -0.25) is 4.90 Å². The molecule has 2 fully saturated rings. The van der Waals surface area contributed by atoms with Gasteiger partial charge in [0, 0.05) is 24.2 Å². The first kappa shape index (κ1) is 13.2. The monoisotopic (exact) mass is 262 g/mol. The van der Waals surface area contributed by atoms with Gasteiger partial charge in [-0.2, -0.15) is 0 Å². The largest absolute Gasteiger partial charge is 0.465 e. The summed E-state index contributed by atoms with van der Waals surface area (Å²) in [6, 6.07) is 3.72. The summed E-state index contributed by atoms with van der Waals surface area (Å²) in [4.78, 5) is 2.60. The molecule has 3 nitrogen and oxygen atoms in total. The van der Waals surface area contributed by atoms with Gasteiger partial charge in [-0.05, 0) is 52.1 Å². The zero-order valence-electron chi connectivity index (χ0n) is 12.2. The van der Waals surface area contributed by atoms with Crippen molar-refractivity contribution >= 4 is 0 Å². The molecule has 2 aliphatic rings. The normalized spacial score (nSPS) is 24.8. The van der Waals surface area contributed by atoms with Crippen LogP contribution in [0.3, 0.4) is 0 Å². The summed E-state index contributed by atoms with van der Waals surface area (Å²) < 4.78 is 5.88. The maximum Gasteiger partial charge on any atom is 0.118 e. The quantitative estimate of drug-likeness (QED) is 0.883. The first-order valence-corrected chi connectivity index (χ1v) is 7.78. The van der Waals surface area contributed by atoms with Gasteiger partial charge in [0.25, 0.3) is 0 Å². The van der Waals surface area contributed by atoms with Gasteiger partial charge in [0.1, 0.15) is 11.5 Å². The molecule has 1 aromatic heterocycles. The van der Waals surface area contributed by atoms with E-state index in [0.29, 0.717) is 0 Å². The second-order valence-electron chi connectivity index (χ2n) is 6.26. The Balaban J connectivity index is 1.59. The van der Waals surface area contributed by atoms with Crippen LogP contribution in [0.15, 0.2) is 10.5 Å². The minimum Gasteiger partial charge on any atom is -0.465 e. The van der Waals surface area contributed by atoms with Gasteiger partial charge in [-0.15, -0.1) is 0 Å². The second kappa shape index (κ2) is 5.68. The number of nitrogens with zero attached hydrogens (tertiary/aromatic N) is 1. The molecular weight excluding hydrogens is 236 g/mol. The van der Waals surface area contributed by atoms with E-state index in [-0.39, 0.29) is 0 Å². The zero-order valence-corrected chi connectivity index (χ0v) is 12.2. The van der Waals surface area contributed by atoms with Crippen LogP contribution in [0.25, 0.3) is 0 Å². The summed E-state index contributed by atoms with van der Waals surface area (Å²) in [6.07, 6.45) is 6.73. The Hall–Kier alpha value is -0.800. The average Bonchev–Trinajstić information content (AvgIpc) is 3.16. The predicted octanol–water partition coefficient (Wildman–Crippen LogP) is 3.21. The molecule has 1 aliphatic heterocycles. The number of piperidine rings is 1. The Bertz CT molecular complexity index is 422. The van der Waals surface area contributed by atoms with Crippen LogP contribution in [0.5, 0.6) is 0 Å². The molecule has 0 radical (unpaired) electrons. The van der Waals surface area contributed by atoms with Crippen LogP contribution >= 0.6 is 0 Å². The van der Waals surface area contributed by atoms with Crippen molar-refractivity contribution in [3.63, 3.8) is 0 Å². The lowest BCUT2D eigenvalue weighted by atomic mass is 10.0. The van der Waals surface area contributed by atoms with Crippen LogP contribution < -0.4 is 5.32 Å². The third-order valence-electron chi connectivity index (χ3n) is 4.53. The topological polar surface area (TPSA) is 28.4 Å². The standard InChI is InChI=1S/C16H26N2O/c1-12-5-3-4-8-18(12)11-14-9-16(19-13(14)2)10-17-15-6-7-15/h9,12,15,17H,3-8,10-11H2,1-2H3. The van der Waals surface area contributed by atoms with Crippen molar-refractivity contribution in [2.24, 2.45) is 0 Å². The third kappa shape index (κ3) is 3.40. The number of rotatable bonds is 5. The van der Waals surface area contributed by atoms with Crippen LogP contribution in [-0.4, -0.2) is 23.5 Å². The van der Waals surface area contributed by atoms with Crippen molar-refractivity contribution in [1.29, 1.82) is 0 Å². The van der Waals surface area contributed by atoms with Crippen molar-refractivity contribution in [2.75, 3.05) is 6.54 Å². The van der Waals surface area contributed by atoms with Gasteiger partial charge >= 0.3 is 0 Å². The Labute approximate surface area is 116 Å². The number of hydrogen-bond donors (Lipinski definition) is 1. The number of furan rings is 1. The molecule has 1 N–H and O–H groups in total. The maximum absolute atomic E-state index is 5.88. The van der Waals surface area contributed by atoms with Crippen LogP contribution in [0, 0.1) is 6.92 Å². The minimum absolute atomic E-state index is 0.719. The van der Waals surface area contributed by atoms with Crippen LogP contribution in [0.2, 0.25) is 0 Å². The molecule has 3 heteroatoms. The average molecular weight is 262 g/mol. The molecule has 0 amide bonds. The lowest BCUT2D eigenvalue weighted by Gasteiger charge is -2.33. The van der Waals surface area contributed by atoms with Gasteiger partial charge < -0.3 is 9.73 Å². The van der Waals surface area contributed by atoms with Gasteiger partial charge in [0.15, 0.2) is 0 Å². The second-order valence-corrected chi connectivity index (χ2v) is 6.26. The van der Waals surface area contributed by atoms with E-state index in [1.54, 1.807) is 0 Å². The molecule has 106 valence electrons. The highest BCUT2D eigenvalue weighted by Gasteiger charge is 2.22. The van der Waals surface area contributed by atoms with Gasteiger partial charge in [-0.1, -0.05) is 6.42 Å². The van der Waals surface area contributed by atoms with Gasteiger partial charge in [-0.25, -0.2) is 0 Å². The van der Waals surface area contributed by atoms with E-state index in [9.17, 15) is 0 Å². The number of hydrogen-bond acceptors (Lipinski definition) is 3. The summed E-state index contributed by atoms with van der Waals surface area (Å²) in [5.74, 6) is 2.20. The number of likely N-dealkylation sites (tertiary alicyclic amines) is 1. The highest BCUT2D eigenvalue weighted by molar-refractivity contribution is 5.21. The molecule has 1 atom stereocenters. The Kier molecular flexibility index (Phi) is 3.94. The van der Waals surface area contributed by atoms with Gasteiger partial charge in [0.2, 0.25) is 0 Å².